The Balaban J connectivity index is 1.61. The predicted octanol–water partition coefficient (Wildman–Crippen LogP) is 4.53. The molecular weight excluding hydrogens is 369 g/mol. The number of hydrogen-bond acceptors (Lipinski definition) is 6. The van der Waals surface area contributed by atoms with E-state index in [0.717, 1.165) is 16.8 Å². The zero-order chi connectivity index (χ0) is 20.4. The van der Waals surface area contributed by atoms with E-state index in [-0.39, 0.29) is 11.7 Å². The number of rotatable bonds is 5. The first kappa shape index (κ1) is 18.5. The van der Waals surface area contributed by atoms with E-state index in [1.54, 1.807) is 24.5 Å². The zero-order valence-electron chi connectivity index (χ0n) is 16.0. The van der Waals surface area contributed by atoms with E-state index < -0.39 is 0 Å². The molecule has 0 bridgehead atoms. The third kappa shape index (κ3) is 3.89. The Bertz CT molecular complexity index is 1150. The highest BCUT2D eigenvalue weighted by molar-refractivity contribution is 5.67. The molecule has 4 rings (SSSR count). The van der Waals surface area contributed by atoms with Crippen LogP contribution in [0.15, 0.2) is 71.9 Å². The van der Waals surface area contributed by atoms with Crippen LogP contribution in [0.25, 0.3) is 40.0 Å². The molecule has 0 amide bonds. The van der Waals surface area contributed by atoms with Gasteiger partial charge < -0.3 is 9.32 Å². The van der Waals surface area contributed by atoms with Crippen molar-refractivity contribution in [3.8, 4) is 34.3 Å². The predicted molar refractivity (Wildman–Crippen MR) is 109 cm³/mol. The van der Waals surface area contributed by atoms with Crippen LogP contribution in [-0.2, 0) is 0 Å². The first-order valence-corrected chi connectivity index (χ1v) is 8.90. The van der Waals surface area contributed by atoms with Gasteiger partial charge >= 0.3 is 0 Å². The Morgan fingerprint density at radius 2 is 1.48 bits per heavy atom. The summed E-state index contributed by atoms with van der Waals surface area (Å²) in [5.41, 5.74) is 4.65. The molecule has 29 heavy (non-hydrogen) atoms. The fourth-order valence-electron chi connectivity index (χ4n) is 2.74. The maximum atomic E-state index is 13.1. The summed E-state index contributed by atoms with van der Waals surface area (Å²) < 4.78 is 18.8. The Hall–Kier alpha value is -3.87. The van der Waals surface area contributed by atoms with Crippen LogP contribution < -0.4 is 0 Å². The van der Waals surface area contributed by atoms with E-state index in [2.05, 4.69) is 26.7 Å². The van der Waals surface area contributed by atoms with Crippen LogP contribution >= 0.6 is 0 Å². The van der Waals surface area contributed by atoms with Gasteiger partial charge in [0.25, 0.3) is 5.89 Å². The highest BCUT2D eigenvalue weighted by Crippen LogP contribution is 2.25. The van der Waals surface area contributed by atoms with E-state index in [1.807, 2.05) is 43.3 Å². The molecule has 6 nitrogen and oxygen atoms in total. The molecule has 0 saturated carbocycles. The summed E-state index contributed by atoms with van der Waals surface area (Å²) in [4.78, 5) is 10.8. The minimum atomic E-state index is -0.327. The Labute approximate surface area is 167 Å². The van der Waals surface area contributed by atoms with Crippen LogP contribution in [0.4, 0.5) is 4.39 Å². The van der Waals surface area contributed by atoms with Crippen LogP contribution in [0.5, 0.6) is 0 Å². The van der Waals surface area contributed by atoms with Crippen molar-refractivity contribution in [2.75, 3.05) is 14.1 Å². The van der Waals surface area contributed by atoms with Crippen molar-refractivity contribution in [3.05, 3.63) is 78.9 Å². The minimum absolute atomic E-state index is 0.247. The molecule has 2 aromatic carbocycles. The number of nitrogens with zero attached hydrogens (tertiary/aromatic N) is 5. The molecule has 0 aliphatic heterocycles. The van der Waals surface area contributed by atoms with Gasteiger partial charge in [-0.15, -0.1) is 10.2 Å². The van der Waals surface area contributed by atoms with Gasteiger partial charge in [0.15, 0.2) is 0 Å². The monoisotopic (exact) mass is 387 g/mol. The Morgan fingerprint density at radius 1 is 0.862 bits per heavy atom. The standard InChI is InChI=1S/C22H18FN5O/c1-14(28(2)3)15-4-6-16(7-5-15)19-12-24-13-20(25-19)22-27-26-21(29-22)17-8-10-18(23)11-9-17/h4-13H,1H2,2-3H3. The second-order valence-electron chi connectivity index (χ2n) is 6.63. The van der Waals surface area contributed by atoms with E-state index in [1.165, 1.54) is 12.1 Å². The molecule has 0 aliphatic rings. The van der Waals surface area contributed by atoms with Gasteiger partial charge in [0, 0.05) is 30.9 Å². The summed E-state index contributed by atoms with van der Waals surface area (Å²) >= 11 is 0. The zero-order valence-corrected chi connectivity index (χ0v) is 16.0. The topological polar surface area (TPSA) is 67.9 Å². The second-order valence-corrected chi connectivity index (χ2v) is 6.63. The molecular formula is C22H18FN5O. The first-order chi connectivity index (χ1) is 14.0. The SMILES string of the molecule is C=C(c1ccc(-c2cncc(-c3nnc(-c4ccc(F)cc4)o3)n2)cc1)N(C)C. The number of benzene rings is 2. The van der Waals surface area contributed by atoms with Crippen molar-refractivity contribution in [1.29, 1.82) is 0 Å². The maximum absolute atomic E-state index is 13.1. The third-order valence-electron chi connectivity index (χ3n) is 4.42. The van der Waals surface area contributed by atoms with E-state index in [4.69, 9.17) is 4.42 Å². The number of halogens is 1. The van der Waals surface area contributed by atoms with Crippen molar-refractivity contribution in [1.82, 2.24) is 25.1 Å². The molecule has 0 unspecified atom stereocenters. The van der Waals surface area contributed by atoms with Crippen LogP contribution in [0.3, 0.4) is 0 Å². The second kappa shape index (κ2) is 7.63. The van der Waals surface area contributed by atoms with Gasteiger partial charge in [0.2, 0.25) is 5.89 Å². The number of aromatic nitrogens is 4. The van der Waals surface area contributed by atoms with Gasteiger partial charge in [-0.25, -0.2) is 9.37 Å². The van der Waals surface area contributed by atoms with Gasteiger partial charge in [0.1, 0.15) is 11.5 Å². The summed E-state index contributed by atoms with van der Waals surface area (Å²) in [5.74, 6) is 0.210. The van der Waals surface area contributed by atoms with Gasteiger partial charge in [-0.05, 0) is 29.8 Å². The van der Waals surface area contributed by atoms with Gasteiger partial charge in [-0.3, -0.25) is 4.98 Å². The molecule has 4 aromatic rings. The summed E-state index contributed by atoms with van der Waals surface area (Å²) in [6.45, 7) is 4.06. The molecule has 144 valence electrons. The van der Waals surface area contributed by atoms with Crippen LogP contribution in [-0.4, -0.2) is 39.2 Å². The van der Waals surface area contributed by atoms with Crippen molar-refractivity contribution in [2.24, 2.45) is 0 Å². The molecule has 0 saturated heterocycles. The lowest BCUT2D eigenvalue weighted by molar-refractivity contribution is 0.581. The molecule has 2 heterocycles. The molecule has 0 radical (unpaired) electrons. The molecule has 2 aromatic heterocycles. The van der Waals surface area contributed by atoms with Crippen LogP contribution in [0, 0.1) is 5.82 Å². The minimum Gasteiger partial charge on any atom is -0.415 e. The van der Waals surface area contributed by atoms with Crippen molar-refractivity contribution in [2.45, 2.75) is 0 Å². The summed E-state index contributed by atoms with van der Waals surface area (Å²) in [6, 6.07) is 13.8. The molecule has 0 aliphatic carbocycles. The van der Waals surface area contributed by atoms with E-state index >= 15 is 0 Å². The van der Waals surface area contributed by atoms with Crippen molar-refractivity contribution >= 4 is 5.70 Å². The van der Waals surface area contributed by atoms with Crippen LogP contribution in [0.2, 0.25) is 0 Å². The number of hydrogen-bond donors (Lipinski definition) is 0. The lowest BCUT2D eigenvalue weighted by Gasteiger charge is -2.15. The van der Waals surface area contributed by atoms with Crippen LogP contribution in [0.1, 0.15) is 5.56 Å². The fourth-order valence-corrected chi connectivity index (χ4v) is 2.74. The maximum Gasteiger partial charge on any atom is 0.268 e. The summed E-state index contributed by atoms with van der Waals surface area (Å²) in [7, 11) is 3.91. The molecule has 0 spiro atoms. The highest BCUT2D eigenvalue weighted by atomic mass is 19.1. The fraction of sp³-hybridized carbons (Fsp3) is 0.0909. The normalized spacial score (nSPS) is 10.7. The summed E-state index contributed by atoms with van der Waals surface area (Å²) in [5, 5.41) is 8.07. The highest BCUT2D eigenvalue weighted by Gasteiger charge is 2.13. The van der Waals surface area contributed by atoms with Gasteiger partial charge in [-0.2, -0.15) is 0 Å². The molecule has 0 fully saturated rings. The lowest BCUT2D eigenvalue weighted by Crippen LogP contribution is -2.08. The van der Waals surface area contributed by atoms with Gasteiger partial charge in [0.05, 0.1) is 18.1 Å². The molecule has 0 N–H and O–H groups in total. The molecule has 0 atom stereocenters. The molecule has 7 heteroatoms. The van der Waals surface area contributed by atoms with Gasteiger partial charge in [-0.1, -0.05) is 30.8 Å². The van der Waals surface area contributed by atoms with E-state index in [9.17, 15) is 4.39 Å². The smallest absolute Gasteiger partial charge is 0.268 e. The average molecular weight is 387 g/mol. The van der Waals surface area contributed by atoms with E-state index in [0.29, 0.717) is 22.8 Å². The average Bonchev–Trinajstić information content (AvgIpc) is 3.24. The largest absolute Gasteiger partial charge is 0.415 e. The quantitative estimate of drug-likeness (QED) is 0.501. The van der Waals surface area contributed by atoms with Crippen molar-refractivity contribution in [3.63, 3.8) is 0 Å². The first-order valence-electron chi connectivity index (χ1n) is 8.90. The Morgan fingerprint density at radius 3 is 2.17 bits per heavy atom. The summed E-state index contributed by atoms with van der Waals surface area (Å²) in [6.07, 6.45) is 3.24. The lowest BCUT2D eigenvalue weighted by atomic mass is 10.1. The third-order valence-corrected chi connectivity index (χ3v) is 4.42. The van der Waals surface area contributed by atoms with Crippen molar-refractivity contribution < 1.29 is 8.81 Å². The Kier molecular flexibility index (Phi) is 4.87.